The lowest BCUT2D eigenvalue weighted by Gasteiger charge is -2.47. The minimum atomic E-state index is -0.563. The van der Waals surface area contributed by atoms with E-state index in [1.54, 1.807) is 6.08 Å². The highest BCUT2D eigenvalue weighted by Gasteiger charge is 2.49. The van der Waals surface area contributed by atoms with E-state index in [0.717, 1.165) is 74.5 Å². The predicted octanol–water partition coefficient (Wildman–Crippen LogP) is 9.65. The maximum Gasteiger partial charge on any atom is 0.142 e. The summed E-state index contributed by atoms with van der Waals surface area (Å²) in [5.41, 5.74) is 4.55. The number of benzene rings is 2. The van der Waals surface area contributed by atoms with Crippen molar-refractivity contribution in [2.24, 2.45) is 0 Å². The van der Waals surface area contributed by atoms with E-state index in [1.807, 2.05) is 0 Å². The highest BCUT2D eigenvalue weighted by molar-refractivity contribution is 6.33. The Morgan fingerprint density at radius 1 is 0.783 bits per heavy atom. The van der Waals surface area contributed by atoms with Crippen molar-refractivity contribution in [1.82, 2.24) is 0 Å². The topological polar surface area (TPSA) is 66.4 Å². The van der Waals surface area contributed by atoms with Gasteiger partial charge in [-0.05, 0) is 60.8 Å². The lowest BCUT2D eigenvalue weighted by atomic mass is 9.86. The largest absolute Gasteiger partial charge is 0.506 e. The van der Waals surface area contributed by atoms with Gasteiger partial charge in [-0.25, -0.2) is 0 Å². The minimum Gasteiger partial charge on any atom is -0.506 e. The standard InChI is InChI=1S/C39H59ClO6/c1-7-13-21-42-27-33-37(43-22-14-8-2)39(45-24-16-10-4)38(44-23-15-9-3)36(46-33)32-26-30(34(40)35(41)31(32)12-6)25-29-19-17-28(11-5)18-20-29/h12,17-20,26,33,36-39,41H,6-11,13-16,21-25,27H2,1-5H3/t33-,36?,37-,38+,39+/m1/s1. The normalized spacial score (nSPS) is 21.5. The summed E-state index contributed by atoms with van der Waals surface area (Å²) in [6, 6.07) is 10.6. The van der Waals surface area contributed by atoms with Crippen LogP contribution >= 0.6 is 11.6 Å². The fraction of sp³-hybridized carbons (Fsp3) is 0.641. The summed E-state index contributed by atoms with van der Waals surface area (Å²) in [5.74, 6) is 0.00534. The SMILES string of the molecule is C=Cc1c(C2O[C@H](COCCCC)[C@@H](OCCCC)[C@H](OCCCC)[C@H]2OCCCC)cc(Cc2ccc(CC)cc2)c(Cl)c1O. The number of hydrogen-bond donors (Lipinski definition) is 1. The Morgan fingerprint density at radius 2 is 1.33 bits per heavy atom. The molecule has 0 bridgehead atoms. The van der Waals surface area contributed by atoms with Gasteiger partial charge in [0.2, 0.25) is 0 Å². The van der Waals surface area contributed by atoms with E-state index in [1.165, 1.54) is 5.56 Å². The van der Waals surface area contributed by atoms with E-state index in [2.05, 4.69) is 71.5 Å². The van der Waals surface area contributed by atoms with Gasteiger partial charge in [-0.2, -0.15) is 0 Å². The van der Waals surface area contributed by atoms with Gasteiger partial charge in [0.25, 0.3) is 0 Å². The first-order chi connectivity index (χ1) is 22.4. The Bertz CT molecular complexity index is 1150. The zero-order valence-corrected chi connectivity index (χ0v) is 29.8. The molecule has 0 spiro atoms. The molecule has 2 aromatic rings. The number of ether oxygens (including phenoxy) is 5. The third-order valence-electron chi connectivity index (χ3n) is 8.70. The summed E-state index contributed by atoms with van der Waals surface area (Å²) in [4.78, 5) is 0. The highest BCUT2D eigenvalue weighted by atomic mass is 35.5. The van der Waals surface area contributed by atoms with Crippen molar-refractivity contribution < 1.29 is 28.8 Å². The molecule has 1 saturated heterocycles. The number of aryl methyl sites for hydroxylation is 1. The summed E-state index contributed by atoms with van der Waals surface area (Å²) >= 11 is 6.83. The Morgan fingerprint density at radius 3 is 1.89 bits per heavy atom. The summed E-state index contributed by atoms with van der Waals surface area (Å²) in [6.45, 7) is 17.6. The third-order valence-corrected chi connectivity index (χ3v) is 9.13. The van der Waals surface area contributed by atoms with Crippen molar-refractivity contribution >= 4 is 17.7 Å². The number of phenolic OH excluding ortho intramolecular Hbond substituents is 1. The number of aromatic hydroxyl groups is 1. The zero-order valence-electron chi connectivity index (χ0n) is 29.0. The first kappa shape index (κ1) is 38.5. The Balaban J connectivity index is 2.12. The van der Waals surface area contributed by atoms with Gasteiger partial charge in [-0.3, -0.25) is 0 Å². The molecular formula is C39H59ClO6. The van der Waals surface area contributed by atoms with Crippen LogP contribution in [0, 0.1) is 0 Å². The van der Waals surface area contributed by atoms with Crippen LogP contribution in [0.5, 0.6) is 5.75 Å². The van der Waals surface area contributed by atoms with Gasteiger partial charge in [0, 0.05) is 32.0 Å². The van der Waals surface area contributed by atoms with Crippen LogP contribution in [0.3, 0.4) is 0 Å². The molecule has 1 heterocycles. The van der Waals surface area contributed by atoms with E-state index in [0.29, 0.717) is 50.0 Å². The van der Waals surface area contributed by atoms with Crippen LogP contribution in [-0.4, -0.2) is 62.6 Å². The van der Waals surface area contributed by atoms with E-state index >= 15 is 0 Å². The lowest BCUT2D eigenvalue weighted by Crippen LogP contribution is -2.58. The number of halogens is 1. The third kappa shape index (κ3) is 10.8. The van der Waals surface area contributed by atoms with E-state index in [9.17, 15) is 5.11 Å². The molecule has 1 aliphatic heterocycles. The van der Waals surface area contributed by atoms with Crippen LogP contribution in [0.2, 0.25) is 5.02 Å². The molecule has 5 atom stereocenters. The van der Waals surface area contributed by atoms with Crippen molar-refractivity contribution in [2.45, 2.75) is 129 Å². The molecule has 0 radical (unpaired) electrons. The second kappa shape index (κ2) is 21.1. The molecule has 7 heteroatoms. The molecular weight excluding hydrogens is 600 g/mol. The summed E-state index contributed by atoms with van der Waals surface area (Å²) in [5, 5.41) is 11.8. The van der Waals surface area contributed by atoms with E-state index in [-0.39, 0.29) is 18.0 Å². The Kier molecular flexibility index (Phi) is 17.7. The molecule has 1 N–H and O–H groups in total. The monoisotopic (exact) mass is 658 g/mol. The molecule has 6 nitrogen and oxygen atoms in total. The zero-order chi connectivity index (χ0) is 33.3. The first-order valence-electron chi connectivity index (χ1n) is 17.8. The van der Waals surface area contributed by atoms with Gasteiger partial charge in [-0.1, -0.05) is 115 Å². The number of unbranched alkanes of at least 4 members (excludes halogenated alkanes) is 4. The molecule has 1 aliphatic rings. The molecule has 0 amide bonds. The van der Waals surface area contributed by atoms with Crippen molar-refractivity contribution in [2.75, 3.05) is 33.0 Å². The van der Waals surface area contributed by atoms with Crippen LogP contribution in [-0.2, 0) is 36.5 Å². The van der Waals surface area contributed by atoms with Crippen LogP contribution in [0.15, 0.2) is 36.9 Å². The summed E-state index contributed by atoms with van der Waals surface area (Å²) in [6.07, 6.45) is 8.90. The summed E-state index contributed by atoms with van der Waals surface area (Å²) in [7, 11) is 0. The smallest absolute Gasteiger partial charge is 0.142 e. The number of phenols is 1. The van der Waals surface area contributed by atoms with Crippen molar-refractivity contribution in [3.8, 4) is 5.75 Å². The van der Waals surface area contributed by atoms with Crippen molar-refractivity contribution in [1.29, 1.82) is 0 Å². The minimum absolute atomic E-state index is 0.00534. The Labute approximate surface area is 283 Å². The maximum absolute atomic E-state index is 11.5. The predicted molar refractivity (Wildman–Crippen MR) is 189 cm³/mol. The van der Waals surface area contributed by atoms with E-state index in [4.69, 9.17) is 35.3 Å². The van der Waals surface area contributed by atoms with E-state index < -0.39 is 18.3 Å². The second-order valence-electron chi connectivity index (χ2n) is 12.3. The molecule has 1 fully saturated rings. The molecule has 0 aliphatic carbocycles. The van der Waals surface area contributed by atoms with Crippen LogP contribution in [0.4, 0.5) is 0 Å². The quantitative estimate of drug-likeness (QED) is 0.127. The van der Waals surface area contributed by atoms with Gasteiger partial charge >= 0.3 is 0 Å². The molecule has 1 unspecified atom stereocenters. The highest BCUT2D eigenvalue weighted by Crippen LogP contribution is 2.44. The van der Waals surface area contributed by atoms with Crippen LogP contribution in [0.1, 0.15) is 120 Å². The van der Waals surface area contributed by atoms with Crippen LogP contribution < -0.4 is 0 Å². The average Bonchev–Trinajstić information content (AvgIpc) is 3.07. The fourth-order valence-corrected chi connectivity index (χ4v) is 6.06. The van der Waals surface area contributed by atoms with Crippen molar-refractivity contribution in [3.05, 3.63) is 69.8 Å². The molecule has 0 aromatic heterocycles. The average molecular weight is 659 g/mol. The van der Waals surface area contributed by atoms with Gasteiger partial charge in [-0.15, -0.1) is 0 Å². The van der Waals surface area contributed by atoms with Gasteiger partial charge in [0.05, 0.1) is 11.6 Å². The first-order valence-corrected chi connectivity index (χ1v) is 18.1. The number of hydrogen-bond acceptors (Lipinski definition) is 6. The lowest BCUT2D eigenvalue weighted by molar-refractivity contribution is -0.268. The molecule has 3 rings (SSSR count). The van der Waals surface area contributed by atoms with Crippen LogP contribution in [0.25, 0.3) is 6.08 Å². The molecule has 46 heavy (non-hydrogen) atoms. The van der Waals surface area contributed by atoms with Gasteiger partial charge < -0.3 is 28.8 Å². The maximum atomic E-state index is 11.5. The second-order valence-corrected chi connectivity index (χ2v) is 12.7. The molecule has 0 saturated carbocycles. The fourth-order valence-electron chi connectivity index (χ4n) is 5.84. The molecule has 2 aromatic carbocycles. The number of rotatable bonds is 22. The van der Waals surface area contributed by atoms with Gasteiger partial charge in [0.1, 0.15) is 36.3 Å². The Hall–Kier alpha value is -1.93. The van der Waals surface area contributed by atoms with Crippen molar-refractivity contribution in [3.63, 3.8) is 0 Å². The summed E-state index contributed by atoms with van der Waals surface area (Å²) < 4.78 is 33.1. The molecule has 258 valence electrons. The van der Waals surface area contributed by atoms with Gasteiger partial charge in [0.15, 0.2) is 0 Å².